The third-order valence-electron chi connectivity index (χ3n) is 3.27. The number of para-hydroxylation sites is 1. The first-order valence-electron chi connectivity index (χ1n) is 6.44. The summed E-state index contributed by atoms with van der Waals surface area (Å²) in [5.74, 6) is 0.532. The molecule has 22 heavy (non-hydrogen) atoms. The van der Waals surface area contributed by atoms with Crippen molar-refractivity contribution < 1.29 is 17.6 Å². The van der Waals surface area contributed by atoms with Crippen LogP contribution < -0.4 is 10.4 Å². The summed E-state index contributed by atoms with van der Waals surface area (Å²) in [5.41, 5.74) is -0.532. The summed E-state index contributed by atoms with van der Waals surface area (Å²) < 4.78 is 35.3. The van der Waals surface area contributed by atoms with Gasteiger partial charge < -0.3 is 9.15 Å². The molecule has 0 saturated carbocycles. The minimum Gasteiger partial charge on any atom is -0.497 e. The van der Waals surface area contributed by atoms with E-state index in [4.69, 9.17) is 9.15 Å². The van der Waals surface area contributed by atoms with Gasteiger partial charge in [-0.15, -0.1) is 0 Å². The van der Waals surface area contributed by atoms with Crippen LogP contribution in [0.15, 0.2) is 73.6 Å². The Hall–Kier alpha value is -2.60. The normalized spacial score (nSPS) is 11.5. The molecule has 2 aromatic carbocycles. The maximum absolute atomic E-state index is 12.6. The molecule has 3 rings (SSSR count). The highest BCUT2D eigenvalue weighted by Crippen LogP contribution is 2.23. The average Bonchev–Trinajstić information content (AvgIpc) is 2.54. The largest absolute Gasteiger partial charge is 0.497 e. The number of rotatable bonds is 3. The Bertz CT molecular complexity index is 985. The number of methoxy groups -OCH3 is 1. The molecule has 0 aliphatic heterocycles. The minimum atomic E-state index is -3.95. The van der Waals surface area contributed by atoms with Crippen molar-refractivity contribution in [2.45, 2.75) is 9.79 Å². The van der Waals surface area contributed by atoms with Crippen molar-refractivity contribution in [3.63, 3.8) is 0 Å². The molecule has 0 N–H and O–H groups in total. The lowest BCUT2D eigenvalue weighted by atomic mass is 10.2. The fourth-order valence-corrected chi connectivity index (χ4v) is 3.40. The van der Waals surface area contributed by atoms with Crippen LogP contribution in [0.1, 0.15) is 0 Å². The number of hydrogen-bond acceptors (Lipinski definition) is 5. The smallest absolute Gasteiger partial charge is 0.355 e. The number of ether oxygens (including phenoxy) is 1. The minimum absolute atomic E-state index is 0.0101. The molecule has 0 aliphatic carbocycles. The first kappa shape index (κ1) is 14.3. The second-order valence-electron chi connectivity index (χ2n) is 4.61. The molecule has 112 valence electrons. The fourth-order valence-electron chi connectivity index (χ4n) is 2.11. The molecule has 0 fully saturated rings. The predicted molar refractivity (Wildman–Crippen MR) is 80.9 cm³/mol. The van der Waals surface area contributed by atoms with Gasteiger partial charge in [0.05, 0.1) is 12.0 Å². The predicted octanol–water partition coefficient (Wildman–Crippen LogP) is 2.63. The van der Waals surface area contributed by atoms with Crippen LogP contribution in [0.25, 0.3) is 11.0 Å². The highest BCUT2D eigenvalue weighted by Gasteiger charge is 2.23. The van der Waals surface area contributed by atoms with Gasteiger partial charge in [-0.2, -0.15) is 0 Å². The zero-order valence-electron chi connectivity index (χ0n) is 11.6. The van der Waals surface area contributed by atoms with Gasteiger partial charge in [-0.25, -0.2) is 13.2 Å². The van der Waals surface area contributed by atoms with Gasteiger partial charge in [0.25, 0.3) is 0 Å². The maximum Gasteiger partial charge on any atom is 0.355 e. The SMILES string of the molecule is COc1ccc(S(=O)(=O)c2cc3ccccc3oc2=O)cc1. The Morgan fingerprint density at radius 2 is 1.68 bits per heavy atom. The number of sulfone groups is 1. The van der Waals surface area contributed by atoms with Crippen LogP contribution in [0.5, 0.6) is 5.75 Å². The Kier molecular flexibility index (Phi) is 3.46. The van der Waals surface area contributed by atoms with E-state index in [9.17, 15) is 13.2 Å². The zero-order chi connectivity index (χ0) is 15.7. The Labute approximate surface area is 126 Å². The summed E-state index contributed by atoms with van der Waals surface area (Å²) >= 11 is 0. The Balaban J connectivity index is 2.19. The van der Waals surface area contributed by atoms with Gasteiger partial charge in [0.15, 0.2) is 4.90 Å². The standard InChI is InChI=1S/C16H12O5S/c1-20-12-6-8-13(9-7-12)22(18,19)15-10-11-4-2-3-5-14(11)21-16(15)17/h2-10H,1H3. The monoisotopic (exact) mass is 316 g/mol. The van der Waals surface area contributed by atoms with Crippen molar-refractivity contribution in [1.82, 2.24) is 0 Å². The molecule has 0 aliphatic rings. The van der Waals surface area contributed by atoms with Gasteiger partial charge in [-0.3, -0.25) is 0 Å². The maximum atomic E-state index is 12.6. The molecular formula is C16H12O5S. The first-order chi connectivity index (χ1) is 10.5. The lowest BCUT2D eigenvalue weighted by Crippen LogP contribution is -2.14. The molecular weight excluding hydrogens is 304 g/mol. The molecule has 0 radical (unpaired) electrons. The van der Waals surface area contributed by atoms with E-state index in [0.29, 0.717) is 16.7 Å². The van der Waals surface area contributed by atoms with Gasteiger partial charge in [-0.1, -0.05) is 18.2 Å². The molecule has 0 atom stereocenters. The molecule has 0 saturated heterocycles. The summed E-state index contributed by atoms with van der Waals surface area (Å²) in [7, 11) is -2.46. The van der Waals surface area contributed by atoms with Crippen LogP contribution >= 0.6 is 0 Å². The number of hydrogen-bond donors (Lipinski definition) is 0. The number of benzene rings is 2. The molecule has 6 heteroatoms. The quantitative estimate of drug-likeness (QED) is 0.694. The second-order valence-corrected chi connectivity index (χ2v) is 6.53. The average molecular weight is 316 g/mol. The van der Waals surface area contributed by atoms with Crippen molar-refractivity contribution in [3.8, 4) is 5.75 Å². The fraction of sp³-hybridized carbons (Fsp3) is 0.0625. The molecule has 0 unspecified atom stereocenters. The zero-order valence-corrected chi connectivity index (χ0v) is 12.5. The van der Waals surface area contributed by atoms with Gasteiger partial charge in [0.2, 0.25) is 9.84 Å². The van der Waals surface area contributed by atoms with Gasteiger partial charge in [0.1, 0.15) is 11.3 Å². The van der Waals surface area contributed by atoms with E-state index in [2.05, 4.69) is 0 Å². The van der Waals surface area contributed by atoms with E-state index in [1.807, 2.05) is 0 Å². The molecule has 0 bridgehead atoms. The third kappa shape index (κ3) is 2.37. The number of fused-ring (bicyclic) bond motifs is 1. The van der Waals surface area contributed by atoms with Crippen LogP contribution in [0.3, 0.4) is 0 Å². The van der Waals surface area contributed by atoms with Crippen molar-refractivity contribution >= 4 is 20.8 Å². The summed E-state index contributed by atoms with van der Waals surface area (Å²) in [6, 6.07) is 13.9. The van der Waals surface area contributed by atoms with Gasteiger partial charge >= 0.3 is 5.63 Å². The van der Waals surface area contributed by atoms with E-state index in [0.717, 1.165) is 0 Å². The first-order valence-corrected chi connectivity index (χ1v) is 7.93. The second kappa shape index (κ2) is 5.31. The van der Waals surface area contributed by atoms with Crippen LogP contribution in [0.2, 0.25) is 0 Å². The summed E-state index contributed by atoms with van der Waals surface area (Å²) in [4.78, 5) is 11.6. The summed E-state index contributed by atoms with van der Waals surface area (Å²) in [6.45, 7) is 0. The highest BCUT2D eigenvalue weighted by molar-refractivity contribution is 7.91. The topological polar surface area (TPSA) is 73.6 Å². The van der Waals surface area contributed by atoms with E-state index in [1.54, 1.807) is 24.3 Å². The van der Waals surface area contributed by atoms with Crippen molar-refractivity contribution in [1.29, 1.82) is 0 Å². The van der Waals surface area contributed by atoms with E-state index in [-0.39, 0.29) is 9.79 Å². The summed E-state index contributed by atoms with van der Waals surface area (Å²) in [6.07, 6.45) is 0. The molecule has 0 amide bonds. The Morgan fingerprint density at radius 3 is 2.36 bits per heavy atom. The van der Waals surface area contributed by atoms with Gasteiger partial charge in [-0.05, 0) is 36.4 Å². The van der Waals surface area contributed by atoms with Gasteiger partial charge in [0, 0.05) is 5.39 Å². The molecule has 3 aromatic rings. The van der Waals surface area contributed by atoms with E-state index < -0.39 is 15.5 Å². The van der Waals surface area contributed by atoms with E-state index in [1.165, 1.54) is 37.4 Å². The van der Waals surface area contributed by atoms with Crippen LogP contribution in [0.4, 0.5) is 0 Å². The third-order valence-corrected chi connectivity index (χ3v) is 5.03. The lowest BCUT2D eigenvalue weighted by molar-refractivity contribution is 0.414. The van der Waals surface area contributed by atoms with Crippen molar-refractivity contribution in [2.75, 3.05) is 7.11 Å². The molecule has 0 spiro atoms. The van der Waals surface area contributed by atoms with Crippen LogP contribution in [0, 0.1) is 0 Å². The summed E-state index contributed by atoms with van der Waals surface area (Å²) in [5, 5.41) is 0.550. The van der Waals surface area contributed by atoms with E-state index >= 15 is 0 Å². The van der Waals surface area contributed by atoms with Crippen LogP contribution in [-0.2, 0) is 9.84 Å². The lowest BCUT2D eigenvalue weighted by Gasteiger charge is -2.05. The van der Waals surface area contributed by atoms with Crippen molar-refractivity contribution in [2.24, 2.45) is 0 Å². The molecule has 1 heterocycles. The van der Waals surface area contributed by atoms with Crippen molar-refractivity contribution in [3.05, 3.63) is 65.0 Å². The van der Waals surface area contributed by atoms with Crippen LogP contribution in [-0.4, -0.2) is 15.5 Å². The molecule has 5 nitrogen and oxygen atoms in total. The highest BCUT2D eigenvalue weighted by atomic mass is 32.2. The molecule has 1 aromatic heterocycles. The Morgan fingerprint density at radius 1 is 1.00 bits per heavy atom.